The number of carbonyl (C=O) groups excluding carboxylic acids is 2. The fraction of sp³-hybridized carbons (Fsp3) is 0.333. The van der Waals surface area contributed by atoms with Crippen LogP contribution in [-0.4, -0.2) is 55.0 Å². The zero-order valence-electron chi connectivity index (χ0n) is 15.4. The maximum atomic E-state index is 12.7. The summed E-state index contributed by atoms with van der Waals surface area (Å²) >= 11 is 6.17. The van der Waals surface area contributed by atoms with Gasteiger partial charge in [0.1, 0.15) is 0 Å². The third-order valence-electron chi connectivity index (χ3n) is 4.76. The van der Waals surface area contributed by atoms with Crippen molar-refractivity contribution >= 4 is 23.5 Å². The number of esters is 1. The molecule has 1 heterocycles. The van der Waals surface area contributed by atoms with Crippen LogP contribution < -0.4 is 0 Å². The van der Waals surface area contributed by atoms with E-state index in [4.69, 9.17) is 16.3 Å². The summed E-state index contributed by atoms with van der Waals surface area (Å²) in [6.45, 7) is 3.90. The van der Waals surface area contributed by atoms with E-state index in [9.17, 15) is 9.59 Å². The molecule has 1 saturated heterocycles. The minimum Gasteiger partial charge on any atom is -0.465 e. The number of amides is 1. The number of nitrogens with zero attached hydrogens (tertiary/aromatic N) is 2. The van der Waals surface area contributed by atoms with Gasteiger partial charge in [0.05, 0.1) is 23.3 Å². The Bertz CT molecular complexity index is 807. The van der Waals surface area contributed by atoms with E-state index in [1.807, 2.05) is 29.2 Å². The molecule has 142 valence electrons. The monoisotopic (exact) mass is 386 g/mol. The van der Waals surface area contributed by atoms with Crippen molar-refractivity contribution in [2.75, 3.05) is 33.3 Å². The van der Waals surface area contributed by atoms with E-state index in [1.165, 1.54) is 7.11 Å². The summed E-state index contributed by atoms with van der Waals surface area (Å²) in [5.41, 5.74) is 2.24. The van der Waals surface area contributed by atoms with Crippen LogP contribution in [0.3, 0.4) is 0 Å². The summed E-state index contributed by atoms with van der Waals surface area (Å²) in [7, 11) is 1.38. The van der Waals surface area contributed by atoms with E-state index in [2.05, 4.69) is 4.90 Å². The van der Waals surface area contributed by atoms with Gasteiger partial charge in [0.15, 0.2) is 0 Å². The maximum Gasteiger partial charge on any atom is 0.337 e. The molecule has 0 bridgehead atoms. The number of hydrogen-bond acceptors (Lipinski definition) is 4. The number of benzene rings is 2. The summed E-state index contributed by atoms with van der Waals surface area (Å²) in [5, 5.41) is 0.495. The second-order valence-electron chi connectivity index (χ2n) is 6.59. The maximum absolute atomic E-state index is 12.7. The highest BCUT2D eigenvalue weighted by molar-refractivity contribution is 6.33. The van der Waals surface area contributed by atoms with Gasteiger partial charge in [0.25, 0.3) is 5.91 Å². The number of carbonyl (C=O) groups is 2. The van der Waals surface area contributed by atoms with E-state index in [1.54, 1.807) is 24.3 Å². The second kappa shape index (κ2) is 9.02. The van der Waals surface area contributed by atoms with Crippen molar-refractivity contribution in [3.8, 4) is 0 Å². The first-order valence-corrected chi connectivity index (χ1v) is 9.39. The summed E-state index contributed by atoms with van der Waals surface area (Å²) in [4.78, 5) is 28.5. The highest BCUT2D eigenvalue weighted by Crippen LogP contribution is 2.18. The SMILES string of the molecule is COC(=O)c1ccc(CN2CCCN(C(=O)c3ccccc3Cl)CC2)cc1. The van der Waals surface area contributed by atoms with Crippen LogP contribution in [0.2, 0.25) is 5.02 Å². The largest absolute Gasteiger partial charge is 0.465 e. The van der Waals surface area contributed by atoms with E-state index >= 15 is 0 Å². The first-order chi connectivity index (χ1) is 13.1. The molecule has 2 aromatic carbocycles. The fourth-order valence-corrected chi connectivity index (χ4v) is 3.48. The predicted molar refractivity (Wildman–Crippen MR) is 105 cm³/mol. The molecular weight excluding hydrogens is 364 g/mol. The third-order valence-corrected chi connectivity index (χ3v) is 5.09. The van der Waals surface area contributed by atoms with E-state index < -0.39 is 0 Å². The Labute approximate surface area is 164 Å². The molecule has 0 saturated carbocycles. The normalized spacial score (nSPS) is 15.3. The van der Waals surface area contributed by atoms with Crippen molar-refractivity contribution in [2.24, 2.45) is 0 Å². The zero-order chi connectivity index (χ0) is 19.2. The molecule has 1 amide bonds. The first kappa shape index (κ1) is 19.4. The van der Waals surface area contributed by atoms with Crippen molar-refractivity contribution < 1.29 is 14.3 Å². The summed E-state index contributed by atoms with van der Waals surface area (Å²) < 4.78 is 4.73. The Morgan fingerprint density at radius 2 is 1.74 bits per heavy atom. The minimum absolute atomic E-state index is 0.00937. The Morgan fingerprint density at radius 3 is 2.44 bits per heavy atom. The lowest BCUT2D eigenvalue weighted by atomic mass is 10.1. The second-order valence-corrected chi connectivity index (χ2v) is 7.00. The molecule has 0 N–H and O–H groups in total. The van der Waals surface area contributed by atoms with Crippen LogP contribution in [-0.2, 0) is 11.3 Å². The number of halogens is 1. The molecule has 27 heavy (non-hydrogen) atoms. The number of ether oxygens (including phenoxy) is 1. The van der Waals surface area contributed by atoms with Crippen molar-refractivity contribution in [1.29, 1.82) is 0 Å². The lowest BCUT2D eigenvalue weighted by molar-refractivity contribution is 0.0600. The molecule has 1 aliphatic rings. The average molecular weight is 387 g/mol. The highest BCUT2D eigenvalue weighted by atomic mass is 35.5. The van der Waals surface area contributed by atoms with E-state index in [0.29, 0.717) is 22.7 Å². The van der Waals surface area contributed by atoms with Crippen LogP contribution in [0.1, 0.15) is 32.7 Å². The Morgan fingerprint density at radius 1 is 1.00 bits per heavy atom. The van der Waals surface area contributed by atoms with Crippen molar-refractivity contribution in [3.05, 3.63) is 70.2 Å². The Kier molecular flexibility index (Phi) is 6.48. The molecule has 1 aliphatic heterocycles. The minimum atomic E-state index is -0.329. The summed E-state index contributed by atoms with van der Waals surface area (Å²) in [6.07, 6.45) is 0.913. The summed E-state index contributed by atoms with van der Waals surface area (Å²) in [5.74, 6) is -0.338. The molecule has 0 aromatic heterocycles. The smallest absolute Gasteiger partial charge is 0.337 e. The zero-order valence-corrected chi connectivity index (χ0v) is 16.1. The van der Waals surface area contributed by atoms with Crippen LogP contribution in [0.5, 0.6) is 0 Å². The van der Waals surface area contributed by atoms with Gasteiger partial charge in [-0.3, -0.25) is 9.69 Å². The van der Waals surface area contributed by atoms with Gasteiger partial charge in [-0.05, 0) is 36.2 Å². The summed E-state index contributed by atoms with van der Waals surface area (Å²) in [6, 6.07) is 14.6. The van der Waals surface area contributed by atoms with E-state index in [-0.39, 0.29) is 11.9 Å². The molecule has 3 rings (SSSR count). The standard InChI is InChI=1S/C21H23ClN2O3/c1-27-21(26)17-9-7-16(8-10-17)15-23-11-4-12-24(14-13-23)20(25)18-5-2-3-6-19(18)22/h2-3,5-10H,4,11-15H2,1H3. The molecule has 1 fully saturated rings. The molecule has 0 aliphatic carbocycles. The molecule has 0 atom stereocenters. The Balaban J connectivity index is 1.59. The fourth-order valence-electron chi connectivity index (χ4n) is 3.26. The van der Waals surface area contributed by atoms with Gasteiger partial charge >= 0.3 is 5.97 Å². The van der Waals surface area contributed by atoms with Gasteiger partial charge in [-0.2, -0.15) is 0 Å². The van der Waals surface area contributed by atoms with Crippen LogP contribution in [0.15, 0.2) is 48.5 Å². The van der Waals surface area contributed by atoms with E-state index in [0.717, 1.165) is 38.2 Å². The van der Waals surface area contributed by atoms with Crippen molar-refractivity contribution in [2.45, 2.75) is 13.0 Å². The van der Waals surface area contributed by atoms with Gasteiger partial charge in [0, 0.05) is 32.7 Å². The number of methoxy groups -OCH3 is 1. The molecule has 6 heteroatoms. The first-order valence-electron chi connectivity index (χ1n) is 9.02. The third kappa shape index (κ3) is 4.87. The molecule has 0 spiro atoms. The molecule has 2 aromatic rings. The average Bonchev–Trinajstić information content (AvgIpc) is 2.93. The van der Waals surface area contributed by atoms with Gasteiger partial charge < -0.3 is 9.64 Å². The van der Waals surface area contributed by atoms with Crippen LogP contribution in [0, 0.1) is 0 Å². The van der Waals surface area contributed by atoms with Crippen molar-refractivity contribution in [3.63, 3.8) is 0 Å². The van der Waals surface area contributed by atoms with Crippen LogP contribution in [0.25, 0.3) is 0 Å². The van der Waals surface area contributed by atoms with Gasteiger partial charge in [-0.15, -0.1) is 0 Å². The predicted octanol–water partition coefficient (Wildman–Crippen LogP) is 3.47. The molecule has 0 radical (unpaired) electrons. The Hall–Kier alpha value is -2.37. The lowest BCUT2D eigenvalue weighted by Crippen LogP contribution is -2.35. The van der Waals surface area contributed by atoms with Gasteiger partial charge in [-0.1, -0.05) is 35.9 Å². The number of hydrogen-bond donors (Lipinski definition) is 0. The quantitative estimate of drug-likeness (QED) is 0.755. The molecule has 0 unspecified atom stereocenters. The molecule has 5 nitrogen and oxygen atoms in total. The molecular formula is C21H23ClN2O3. The van der Waals surface area contributed by atoms with Gasteiger partial charge in [-0.25, -0.2) is 4.79 Å². The topological polar surface area (TPSA) is 49.9 Å². The van der Waals surface area contributed by atoms with Crippen LogP contribution in [0.4, 0.5) is 0 Å². The van der Waals surface area contributed by atoms with Crippen molar-refractivity contribution in [1.82, 2.24) is 9.80 Å². The van der Waals surface area contributed by atoms with Crippen LogP contribution >= 0.6 is 11.6 Å². The van der Waals surface area contributed by atoms with Gasteiger partial charge in [0.2, 0.25) is 0 Å². The number of rotatable bonds is 4. The lowest BCUT2D eigenvalue weighted by Gasteiger charge is -2.22. The highest BCUT2D eigenvalue weighted by Gasteiger charge is 2.21.